The zero-order chi connectivity index (χ0) is 24.4. The van der Waals surface area contributed by atoms with Crippen molar-refractivity contribution in [3.05, 3.63) is 48.0 Å². The highest BCUT2D eigenvalue weighted by molar-refractivity contribution is 6.00. The monoisotopic (exact) mass is 479 g/mol. The number of nitrogens with zero attached hydrogens (tertiary/aromatic N) is 3. The number of benzene rings is 1. The third-order valence-corrected chi connectivity index (χ3v) is 6.75. The van der Waals surface area contributed by atoms with E-state index in [-0.39, 0.29) is 29.2 Å². The number of pyridine rings is 2. The van der Waals surface area contributed by atoms with Crippen LogP contribution in [0.5, 0.6) is 0 Å². The zero-order valence-corrected chi connectivity index (χ0v) is 19.5. The van der Waals surface area contributed by atoms with E-state index >= 15 is 4.39 Å². The first-order valence-corrected chi connectivity index (χ1v) is 12.0. The van der Waals surface area contributed by atoms with Crippen LogP contribution < -0.4 is 27.0 Å². The molecule has 2 unspecified atom stereocenters. The summed E-state index contributed by atoms with van der Waals surface area (Å²) in [4.78, 5) is 22.7. The number of morpholine rings is 1. The number of rotatable bonds is 6. The van der Waals surface area contributed by atoms with Gasteiger partial charge < -0.3 is 31.7 Å². The summed E-state index contributed by atoms with van der Waals surface area (Å²) in [5.41, 5.74) is 14.3. The SMILES string of the molecule is NC(=O)c1cccnc1Nc1cnc2cc(N3CCOCC3)cc(NC3CCCCC3N)c2c1F. The summed E-state index contributed by atoms with van der Waals surface area (Å²) in [6.07, 6.45) is 6.96. The molecule has 1 aromatic carbocycles. The average Bonchev–Trinajstić information content (AvgIpc) is 2.87. The fourth-order valence-electron chi connectivity index (χ4n) is 4.84. The predicted octanol–water partition coefficient (Wildman–Crippen LogP) is 3.13. The van der Waals surface area contributed by atoms with E-state index < -0.39 is 11.7 Å². The number of amides is 1. The van der Waals surface area contributed by atoms with Crippen molar-refractivity contribution >= 4 is 39.7 Å². The first kappa shape index (κ1) is 23.3. The van der Waals surface area contributed by atoms with Gasteiger partial charge in [-0.1, -0.05) is 12.8 Å². The van der Waals surface area contributed by atoms with Gasteiger partial charge >= 0.3 is 0 Å². The molecule has 2 atom stereocenters. The molecule has 9 nitrogen and oxygen atoms in total. The number of nitrogens with two attached hydrogens (primary N) is 2. The van der Waals surface area contributed by atoms with Crippen molar-refractivity contribution in [1.82, 2.24) is 9.97 Å². The van der Waals surface area contributed by atoms with Crippen molar-refractivity contribution in [2.75, 3.05) is 41.8 Å². The number of fused-ring (bicyclic) bond motifs is 1. The highest BCUT2D eigenvalue weighted by Crippen LogP contribution is 2.36. The van der Waals surface area contributed by atoms with Crippen LogP contribution in [-0.4, -0.2) is 54.3 Å². The van der Waals surface area contributed by atoms with E-state index in [1.54, 1.807) is 6.07 Å². The standard InChI is InChI=1S/C25H30FN7O2/c26-23-21(32-25-16(24(28)34)4-3-7-29-25)14-30-19-12-15(33-8-10-35-11-9-33)13-20(22(19)23)31-18-6-2-1-5-17(18)27/h3-4,7,12-14,17-18,31H,1-2,5-6,8-11,27H2,(H2,28,34)(H,29,32). The first-order valence-electron chi connectivity index (χ1n) is 12.0. The number of nitrogens with one attached hydrogen (secondary N) is 2. The molecule has 1 saturated carbocycles. The molecular weight excluding hydrogens is 449 g/mol. The van der Waals surface area contributed by atoms with Gasteiger partial charge in [0, 0.05) is 42.7 Å². The minimum atomic E-state index is -0.654. The van der Waals surface area contributed by atoms with Crippen LogP contribution in [0.1, 0.15) is 36.0 Å². The molecule has 10 heteroatoms. The van der Waals surface area contributed by atoms with Crippen molar-refractivity contribution in [2.24, 2.45) is 11.5 Å². The summed E-state index contributed by atoms with van der Waals surface area (Å²) in [7, 11) is 0. The lowest BCUT2D eigenvalue weighted by Gasteiger charge is -2.32. The van der Waals surface area contributed by atoms with Crippen LogP contribution in [0, 0.1) is 5.82 Å². The van der Waals surface area contributed by atoms with Gasteiger partial charge in [-0.15, -0.1) is 0 Å². The van der Waals surface area contributed by atoms with Crippen molar-refractivity contribution in [2.45, 2.75) is 37.8 Å². The Morgan fingerprint density at radius 3 is 2.71 bits per heavy atom. The maximum atomic E-state index is 16.0. The fraction of sp³-hybridized carbons (Fsp3) is 0.400. The van der Waals surface area contributed by atoms with E-state index in [2.05, 4.69) is 25.5 Å². The molecule has 1 amide bonds. The van der Waals surface area contributed by atoms with Gasteiger partial charge in [0.1, 0.15) is 5.82 Å². The number of primary amides is 1. The molecule has 1 aliphatic heterocycles. The summed E-state index contributed by atoms with van der Waals surface area (Å²) < 4.78 is 21.5. The third-order valence-electron chi connectivity index (χ3n) is 6.75. The van der Waals surface area contributed by atoms with Gasteiger partial charge in [-0.3, -0.25) is 9.78 Å². The van der Waals surface area contributed by atoms with Crippen molar-refractivity contribution in [3.63, 3.8) is 0 Å². The molecule has 2 fully saturated rings. The van der Waals surface area contributed by atoms with E-state index in [0.717, 1.165) is 44.5 Å². The summed E-state index contributed by atoms with van der Waals surface area (Å²) in [5, 5.41) is 6.80. The topological polar surface area (TPSA) is 131 Å². The van der Waals surface area contributed by atoms with E-state index in [4.69, 9.17) is 16.2 Å². The summed E-state index contributed by atoms with van der Waals surface area (Å²) >= 11 is 0. The molecule has 1 saturated heterocycles. The Morgan fingerprint density at radius 2 is 1.94 bits per heavy atom. The lowest BCUT2D eigenvalue weighted by molar-refractivity contribution is 0.100. The van der Waals surface area contributed by atoms with Crippen LogP contribution in [0.3, 0.4) is 0 Å². The number of ether oxygens (including phenoxy) is 1. The molecule has 2 aliphatic rings. The third kappa shape index (κ3) is 4.85. The van der Waals surface area contributed by atoms with Gasteiger partial charge in [0.15, 0.2) is 5.82 Å². The largest absolute Gasteiger partial charge is 0.380 e. The quantitative estimate of drug-likeness (QED) is 0.424. The molecule has 2 aromatic heterocycles. The Bertz CT molecular complexity index is 1230. The normalized spacial score (nSPS) is 20.6. The Kier molecular flexibility index (Phi) is 6.65. The van der Waals surface area contributed by atoms with Crippen LogP contribution in [0.4, 0.5) is 27.3 Å². The van der Waals surface area contributed by atoms with Crippen molar-refractivity contribution in [1.29, 1.82) is 0 Å². The van der Waals surface area contributed by atoms with Crippen molar-refractivity contribution in [3.8, 4) is 0 Å². The lowest BCUT2D eigenvalue weighted by atomic mass is 9.90. The molecule has 1 aliphatic carbocycles. The fourth-order valence-corrected chi connectivity index (χ4v) is 4.84. The molecule has 35 heavy (non-hydrogen) atoms. The average molecular weight is 480 g/mol. The molecule has 0 bridgehead atoms. The van der Waals surface area contributed by atoms with Crippen LogP contribution in [0.15, 0.2) is 36.7 Å². The number of aromatic nitrogens is 2. The lowest BCUT2D eigenvalue weighted by Crippen LogP contribution is -2.42. The minimum Gasteiger partial charge on any atom is -0.380 e. The molecule has 6 N–H and O–H groups in total. The van der Waals surface area contributed by atoms with Gasteiger partial charge in [-0.05, 0) is 37.1 Å². The molecule has 0 radical (unpaired) electrons. The molecule has 0 spiro atoms. The second-order valence-corrected chi connectivity index (χ2v) is 9.06. The predicted molar refractivity (Wildman–Crippen MR) is 135 cm³/mol. The second kappa shape index (κ2) is 10.0. The Morgan fingerprint density at radius 1 is 1.14 bits per heavy atom. The summed E-state index contributed by atoms with van der Waals surface area (Å²) in [6.45, 7) is 2.80. The smallest absolute Gasteiger partial charge is 0.252 e. The number of halogens is 1. The maximum absolute atomic E-state index is 16.0. The summed E-state index contributed by atoms with van der Waals surface area (Å²) in [6, 6.07) is 7.04. The second-order valence-electron chi connectivity index (χ2n) is 9.06. The van der Waals surface area contributed by atoms with E-state index in [1.807, 2.05) is 12.1 Å². The molecule has 3 heterocycles. The Hall–Kier alpha value is -3.50. The number of carbonyl (C=O) groups is 1. The minimum absolute atomic E-state index is 0.00480. The van der Waals surface area contributed by atoms with E-state index in [0.29, 0.717) is 29.8 Å². The summed E-state index contributed by atoms with van der Waals surface area (Å²) in [5.74, 6) is -0.969. The van der Waals surface area contributed by atoms with Crippen molar-refractivity contribution < 1.29 is 13.9 Å². The molecular formula is C25H30FN7O2. The van der Waals surface area contributed by atoms with Crippen LogP contribution in [-0.2, 0) is 4.74 Å². The van der Waals surface area contributed by atoms with Crippen LogP contribution in [0.25, 0.3) is 10.9 Å². The molecule has 3 aromatic rings. The molecule has 5 rings (SSSR count). The van der Waals surface area contributed by atoms with E-state index in [9.17, 15) is 4.79 Å². The maximum Gasteiger partial charge on any atom is 0.252 e. The van der Waals surface area contributed by atoms with Gasteiger partial charge in [-0.25, -0.2) is 9.37 Å². The Balaban J connectivity index is 1.58. The number of anilines is 4. The first-order chi connectivity index (χ1) is 17.0. The van der Waals surface area contributed by atoms with E-state index in [1.165, 1.54) is 18.5 Å². The van der Waals surface area contributed by atoms with Gasteiger partial charge in [0.2, 0.25) is 0 Å². The number of hydrogen-bond acceptors (Lipinski definition) is 8. The van der Waals surface area contributed by atoms with Crippen LogP contribution in [0.2, 0.25) is 0 Å². The van der Waals surface area contributed by atoms with Gasteiger partial charge in [0.05, 0.1) is 41.6 Å². The van der Waals surface area contributed by atoms with Gasteiger partial charge in [-0.2, -0.15) is 0 Å². The van der Waals surface area contributed by atoms with Crippen LogP contribution >= 0.6 is 0 Å². The van der Waals surface area contributed by atoms with Gasteiger partial charge in [0.25, 0.3) is 5.91 Å². The molecule has 184 valence electrons. The highest BCUT2D eigenvalue weighted by atomic mass is 19.1. The highest BCUT2D eigenvalue weighted by Gasteiger charge is 2.25. The number of hydrogen-bond donors (Lipinski definition) is 4. The zero-order valence-electron chi connectivity index (χ0n) is 19.5. The number of carbonyl (C=O) groups excluding carboxylic acids is 1. The Labute approximate surface area is 203 Å².